The summed E-state index contributed by atoms with van der Waals surface area (Å²) < 4.78 is 0. The molecule has 0 aliphatic heterocycles. The molecule has 94 valence electrons. The molecule has 0 heterocycles. The number of rotatable bonds is 6. The molecule has 17 heavy (non-hydrogen) atoms. The van der Waals surface area contributed by atoms with Crippen LogP contribution in [-0.4, -0.2) is 31.1 Å². The molecule has 0 aromatic heterocycles. The van der Waals surface area contributed by atoms with Crippen molar-refractivity contribution in [2.24, 2.45) is 0 Å². The average Bonchev–Trinajstić information content (AvgIpc) is 3.13. The van der Waals surface area contributed by atoms with E-state index in [9.17, 15) is 0 Å². The molecule has 1 fully saturated rings. The standard InChI is InChI=1S/C13H18Cl2N2/c1-17(11-3-4-11)7-6-16-9-10-2-5-12(14)13(15)8-10/h2,5,8,11,16H,3-4,6-7,9H2,1H3. The summed E-state index contributed by atoms with van der Waals surface area (Å²) in [5.41, 5.74) is 1.17. The minimum Gasteiger partial charge on any atom is -0.311 e. The molecule has 1 aromatic rings. The number of hydrogen-bond donors (Lipinski definition) is 1. The molecule has 0 radical (unpaired) electrons. The lowest BCUT2D eigenvalue weighted by Crippen LogP contribution is -2.30. The smallest absolute Gasteiger partial charge is 0.0595 e. The topological polar surface area (TPSA) is 15.3 Å². The summed E-state index contributed by atoms with van der Waals surface area (Å²) >= 11 is 11.8. The SMILES string of the molecule is CN(CCNCc1ccc(Cl)c(Cl)c1)C1CC1. The van der Waals surface area contributed by atoms with Gasteiger partial charge in [0.1, 0.15) is 0 Å². The van der Waals surface area contributed by atoms with Crippen LogP contribution >= 0.6 is 23.2 Å². The summed E-state index contributed by atoms with van der Waals surface area (Å²) in [6.07, 6.45) is 2.73. The minimum absolute atomic E-state index is 0.615. The Bertz CT molecular complexity index is 378. The van der Waals surface area contributed by atoms with Crippen LogP contribution in [0.5, 0.6) is 0 Å². The molecule has 4 heteroatoms. The molecule has 0 amide bonds. The highest BCUT2D eigenvalue weighted by Gasteiger charge is 2.25. The van der Waals surface area contributed by atoms with Crippen molar-refractivity contribution in [3.8, 4) is 0 Å². The number of nitrogens with one attached hydrogen (secondary N) is 1. The first kappa shape index (κ1) is 13.2. The van der Waals surface area contributed by atoms with Gasteiger partial charge in [-0.1, -0.05) is 29.3 Å². The van der Waals surface area contributed by atoms with Gasteiger partial charge in [-0.2, -0.15) is 0 Å². The first-order chi connectivity index (χ1) is 8.16. The van der Waals surface area contributed by atoms with Crippen molar-refractivity contribution in [3.05, 3.63) is 33.8 Å². The van der Waals surface area contributed by atoms with E-state index in [2.05, 4.69) is 17.3 Å². The zero-order valence-electron chi connectivity index (χ0n) is 10.0. The fourth-order valence-electron chi connectivity index (χ4n) is 1.84. The van der Waals surface area contributed by atoms with Gasteiger partial charge in [-0.3, -0.25) is 0 Å². The van der Waals surface area contributed by atoms with Crippen LogP contribution in [-0.2, 0) is 6.54 Å². The molecular weight excluding hydrogens is 255 g/mol. The molecule has 0 bridgehead atoms. The lowest BCUT2D eigenvalue weighted by molar-refractivity contribution is 0.321. The molecule has 0 atom stereocenters. The Kier molecular flexibility index (Phi) is 4.69. The van der Waals surface area contributed by atoms with E-state index >= 15 is 0 Å². The Morgan fingerprint density at radius 3 is 2.71 bits per heavy atom. The van der Waals surface area contributed by atoms with Crippen LogP contribution in [0, 0.1) is 0 Å². The zero-order chi connectivity index (χ0) is 12.3. The van der Waals surface area contributed by atoms with Gasteiger partial charge in [0.25, 0.3) is 0 Å². The highest BCUT2D eigenvalue weighted by molar-refractivity contribution is 6.42. The maximum Gasteiger partial charge on any atom is 0.0595 e. The third-order valence-electron chi connectivity index (χ3n) is 3.12. The molecule has 1 aliphatic rings. The Hall–Kier alpha value is -0.280. The minimum atomic E-state index is 0.615. The van der Waals surface area contributed by atoms with E-state index in [1.54, 1.807) is 0 Å². The number of hydrogen-bond acceptors (Lipinski definition) is 2. The average molecular weight is 273 g/mol. The maximum absolute atomic E-state index is 5.96. The quantitative estimate of drug-likeness (QED) is 0.801. The molecular formula is C13H18Cl2N2. The van der Waals surface area contributed by atoms with Crippen LogP contribution in [0.4, 0.5) is 0 Å². The summed E-state index contributed by atoms with van der Waals surface area (Å²) in [6.45, 7) is 2.95. The Morgan fingerprint density at radius 1 is 1.29 bits per heavy atom. The predicted molar refractivity (Wildman–Crippen MR) is 73.8 cm³/mol. The van der Waals surface area contributed by atoms with Crippen LogP contribution in [0.2, 0.25) is 10.0 Å². The normalized spacial score (nSPS) is 15.5. The van der Waals surface area contributed by atoms with Gasteiger partial charge in [0.15, 0.2) is 0 Å². The number of halogens is 2. The molecule has 1 aromatic carbocycles. The van der Waals surface area contributed by atoms with Gasteiger partial charge >= 0.3 is 0 Å². The molecule has 1 saturated carbocycles. The maximum atomic E-state index is 5.96. The van der Waals surface area contributed by atoms with Crippen LogP contribution in [0.25, 0.3) is 0 Å². The second-order valence-corrected chi connectivity index (χ2v) is 5.45. The van der Waals surface area contributed by atoms with Crippen LogP contribution in [0.15, 0.2) is 18.2 Å². The van der Waals surface area contributed by atoms with Gasteiger partial charge in [-0.15, -0.1) is 0 Å². The molecule has 2 rings (SSSR count). The van der Waals surface area contributed by atoms with E-state index < -0.39 is 0 Å². The molecule has 1 aliphatic carbocycles. The Labute approximate surface area is 113 Å². The highest BCUT2D eigenvalue weighted by atomic mass is 35.5. The summed E-state index contributed by atoms with van der Waals surface area (Å²) in [5, 5.41) is 4.66. The molecule has 1 N–H and O–H groups in total. The number of benzene rings is 1. The van der Waals surface area contributed by atoms with E-state index in [0.29, 0.717) is 10.0 Å². The largest absolute Gasteiger partial charge is 0.311 e. The first-order valence-electron chi connectivity index (χ1n) is 6.01. The lowest BCUT2D eigenvalue weighted by atomic mass is 10.2. The second kappa shape index (κ2) is 6.05. The third kappa shape index (κ3) is 4.14. The van der Waals surface area contributed by atoms with Gasteiger partial charge in [-0.25, -0.2) is 0 Å². The van der Waals surface area contributed by atoms with E-state index in [1.807, 2.05) is 18.2 Å². The Balaban J connectivity index is 1.68. The van der Waals surface area contributed by atoms with Crippen molar-refractivity contribution < 1.29 is 0 Å². The van der Waals surface area contributed by atoms with E-state index in [-0.39, 0.29) is 0 Å². The van der Waals surface area contributed by atoms with E-state index in [4.69, 9.17) is 23.2 Å². The van der Waals surface area contributed by atoms with Gasteiger partial charge in [-0.05, 0) is 37.6 Å². The summed E-state index contributed by atoms with van der Waals surface area (Å²) in [4.78, 5) is 2.42. The first-order valence-corrected chi connectivity index (χ1v) is 6.77. The van der Waals surface area contributed by atoms with Crippen molar-refractivity contribution in [3.63, 3.8) is 0 Å². The summed E-state index contributed by atoms with van der Waals surface area (Å²) in [7, 11) is 2.19. The summed E-state index contributed by atoms with van der Waals surface area (Å²) in [6, 6.07) is 6.60. The van der Waals surface area contributed by atoms with Crippen molar-refractivity contribution in [1.82, 2.24) is 10.2 Å². The van der Waals surface area contributed by atoms with E-state index in [0.717, 1.165) is 25.7 Å². The molecule has 0 saturated heterocycles. The number of likely N-dealkylation sites (N-methyl/N-ethyl adjacent to an activating group) is 1. The van der Waals surface area contributed by atoms with Gasteiger partial charge in [0.2, 0.25) is 0 Å². The number of nitrogens with zero attached hydrogens (tertiary/aromatic N) is 1. The van der Waals surface area contributed by atoms with Gasteiger partial charge in [0.05, 0.1) is 10.0 Å². The second-order valence-electron chi connectivity index (χ2n) is 4.64. The van der Waals surface area contributed by atoms with E-state index in [1.165, 1.54) is 18.4 Å². The molecule has 0 spiro atoms. The zero-order valence-corrected chi connectivity index (χ0v) is 11.6. The van der Waals surface area contributed by atoms with Crippen molar-refractivity contribution in [2.75, 3.05) is 20.1 Å². The van der Waals surface area contributed by atoms with Crippen LogP contribution < -0.4 is 5.32 Å². The van der Waals surface area contributed by atoms with Crippen molar-refractivity contribution in [2.45, 2.75) is 25.4 Å². The van der Waals surface area contributed by atoms with Crippen LogP contribution in [0.1, 0.15) is 18.4 Å². The van der Waals surface area contributed by atoms with Gasteiger partial charge < -0.3 is 10.2 Å². The Morgan fingerprint density at radius 2 is 2.06 bits per heavy atom. The fraction of sp³-hybridized carbons (Fsp3) is 0.538. The fourth-order valence-corrected chi connectivity index (χ4v) is 2.16. The van der Waals surface area contributed by atoms with Gasteiger partial charge in [0, 0.05) is 25.7 Å². The monoisotopic (exact) mass is 272 g/mol. The summed E-state index contributed by atoms with van der Waals surface area (Å²) in [5.74, 6) is 0. The van der Waals surface area contributed by atoms with Crippen LogP contribution in [0.3, 0.4) is 0 Å². The van der Waals surface area contributed by atoms with Crippen molar-refractivity contribution >= 4 is 23.2 Å². The third-order valence-corrected chi connectivity index (χ3v) is 3.86. The van der Waals surface area contributed by atoms with Crippen molar-refractivity contribution in [1.29, 1.82) is 0 Å². The lowest BCUT2D eigenvalue weighted by Gasteiger charge is -2.15. The molecule has 2 nitrogen and oxygen atoms in total. The highest BCUT2D eigenvalue weighted by Crippen LogP contribution is 2.24. The molecule has 0 unspecified atom stereocenters. The predicted octanol–water partition coefficient (Wildman–Crippen LogP) is 3.18.